The molecule has 7 heteroatoms. The molecule has 150 valence electrons. The van der Waals surface area contributed by atoms with E-state index in [0.717, 1.165) is 12.0 Å². The van der Waals surface area contributed by atoms with Crippen molar-refractivity contribution in [2.24, 2.45) is 5.41 Å². The molecule has 1 aliphatic rings. The average Bonchev–Trinajstić information content (AvgIpc) is 2.76. The summed E-state index contributed by atoms with van der Waals surface area (Å²) in [6.07, 6.45) is 0.843. The molecule has 1 N–H and O–H groups in total. The van der Waals surface area contributed by atoms with Gasteiger partial charge in [-0.15, -0.1) is 0 Å². The first kappa shape index (κ1) is 20.2. The van der Waals surface area contributed by atoms with E-state index in [2.05, 4.69) is 4.72 Å². The van der Waals surface area contributed by atoms with Crippen LogP contribution in [0.3, 0.4) is 0 Å². The zero-order valence-corrected chi connectivity index (χ0v) is 17.5. The fourth-order valence-corrected chi connectivity index (χ4v) is 4.19. The Labute approximate surface area is 166 Å². The maximum Gasteiger partial charge on any atom is 0.261 e. The van der Waals surface area contributed by atoms with Crippen LogP contribution in [0.25, 0.3) is 0 Å². The molecular weight excluding hydrogens is 376 g/mol. The van der Waals surface area contributed by atoms with Crippen molar-refractivity contribution in [3.63, 3.8) is 0 Å². The molecule has 0 saturated carbocycles. The van der Waals surface area contributed by atoms with Crippen LogP contribution >= 0.6 is 0 Å². The van der Waals surface area contributed by atoms with Crippen LogP contribution < -0.4 is 14.4 Å². The van der Waals surface area contributed by atoms with Gasteiger partial charge in [-0.1, -0.05) is 19.1 Å². The number of amides is 1. The Bertz CT molecular complexity index is 982. The highest BCUT2D eigenvalue weighted by Crippen LogP contribution is 2.38. The molecule has 6 nitrogen and oxygen atoms in total. The van der Waals surface area contributed by atoms with Crippen molar-refractivity contribution < 1.29 is 17.9 Å². The molecule has 2 aromatic carbocycles. The smallest absolute Gasteiger partial charge is 0.261 e. The number of ether oxygens (including phenoxy) is 1. The molecule has 1 aliphatic heterocycles. The minimum atomic E-state index is -3.73. The number of anilines is 2. The number of nitrogens with one attached hydrogen (secondary N) is 1. The van der Waals surface area contributed by atoms with Gasteiger partial charge < -0.3 is 9.64 Å². The third-order valence-electron chi connectivity index (χ3n) is 4.87. The van der Waals surface area contributed by atoms with Crippen LogP contribution in [0.1, 0.15) is 33.3 Å². The molecular formula is C21H26N2O4S. The van der Waals surface area contributed by atoms with Crippen LogP contribution in [0.4, 0.5) is 11.4 Å². The van der Waals surface area contributed by atoms with Gasteiger partial charge in [-0.05, 0) is 63.1 Å². The predicted octanol–water partition coefficient (Wildman–Crippen LogP) is 3.82. The Balaban J connectivity index is 1.94. The highest BCUT2D eigenvalue weighted by molar-refractivity contribution is 7.92. The third-order valence-corrected chi connectivity index (χ3v) is 6.27. The first-order valence-electron chi connectivity index (χ1n) is 9.38. The quantitative estimate of drug-likeness (QED) is 0.825. The Kier molecular flexibility index (Phi) is 5.39. The highest BCUT2D eigenvalue weighted by atomic mass is 32.2. The van der Waals surface area contributed by atoms with Crippen molar-refractivity contribution in [2.75, 3.05) is 22.8 Å². The van der Waals surface area contributed by atoms with Crippen LogP contribution in [-0.2, 0) is 21.2 Å². The summed E-state index contributed by atoms with van der Waals surface area (Å²) in [6.45, 7) is 8.31. The van der Waals surface area contributed by atoms with Crippen molar-refractivity contribution >= 4 is 27.3 Å². The van der Waals surface area contributed by atoms with E-state index in [0.29, 0.717) is 23.7 Å². The van der Waals surface area contributed by atoms with Gasteiger partial charge in [0.2, 0.25) is 5.91 Å². The second-order valence-corrected chi connectivity index (χ2v) is 9.19. The fourth-order valence-electron chi connectivity index (χ4n) is 3.14. The topological polar surface area (TPSA) is 75.7 Å². The molecule has 0 spiro atoms. The Hall–Kier alpha value is -2.54. The summed E-state index contributed by atoms with van der Waals surface area (Å²) in [5, 5.41) is 0. The van der Waals surface area contributed by atoms with Crippen LogP contribution in [0, 0.1) is 5.41 Å². The highest BCUT2D eigenvalue weighted by Gasteiger charge is 2.37. The number of hydrogen-bond donors (Lipinski definition) is 1. The first-order chi connectivity index (χ1) is 13.2. The summed E-state index contributed by atoms with van der Waals surface area (Å²) < 4.78 is 33.9. The molecule has 0 aromatic heterocycles. The lowest BCUT2D eigenvalue weighted by Crippen LogP contribution is -2.42. The Morgan fingerprint density at radius 2 is 1.79 bits per heavy atom. The molecule has 2 aromatic rings. The summed E-state index contributed by atoms with van der Waals surface area (Å²) >= 11 is 0. The SMILES string of the molecule is CCc1ccc(S(=O)(=O)Nc2ccc3c(c2)N(CC)C(=O)C(C)(C)CO3)cc1. The van der Waals surface area contributed by atoms with E-state index in [1.807, 2.05) is 27.7 Å². The minimum absolute atomic E-state index is 0.0519. The van der Waals surface area contributed by atoms with Gasteiger partial charge in [0.05, 0.1) is 21.7 Å². The molecule has 28 heavy (non-hydrogen) atoms. The van der Waals surface area contributed by atoms with Crippen LogP contribution in [0.5, 0.6) is 5.75 Å². The first-order valence-corrected chi connectivity index (χ1v) is 10.9. The van der Waals surface area contributed by atoms with Crippen LogP contribution in [0.2, 0.25) is 0 Å². The molecule has 0 radical (unpaired) electrons. The molecule has 0 atom stereocenters. The van der Waals surface area contributed by atoms with Gasteiger partial charge in [0.1, 0.15) is 12.4 Å². The number of rotatable bonds is 5. The largest absolute Gasteiger partial charge is 0.490 e. The van der Waals surface area contributed by atoms with E-state index in [4.69, 9.17) is 4.74 Å². The van der Waals surface area contributed by atoms with Crippen molar-refractivity contribution in [3.05, 3.63) is 48.0 Å². The number of fused-ring (bicyclic) bond motifs is 1. The van der Waals surface area contributed by atoms with Gasteiger partial charge in [0.15, 0.2) is 0 Å². The molecule has 0 unspecified atom stereocenters. The number of carbonyl (C=O) groups is 1. The molecule has 0 fully saturated rings. The van der Waals surface area contributed by atoms with E-state index >= 15 is 0 Å². The number of sulfonamides is 1. The number of nitrogens with zero attached hydrogens (tertiary/aromatic N) is 1. The summed E-state index contributed by atoms with van der Waals surface area (Å²) in [5.74, 6) is 0.514. The van der Waals surface area contributed by atoms with Gasteiger partial charge in [-0.2, -0.15) is 0 Å². The fraction of sp³-hybridized carbons (Fsp3) is 0.381. The monoisotopic (exact) mass is 402 g/mol. The number of benzene rings is 2. The maximum absolute atomic E-state index is 12.8. The van der Waals surface area contributed by atoms with E-state index in [1.165, 1.54) is 0 Å². The van der Waals surface area contributed by atoms with E-state index in [9.17, 15) is 13.2 Å². The summed E-state index contributed by atoms with van der Waals surface area (Å²) in [5.41, 5.74) is 1.36. The second-order valence-electron chi connectivity index (χ2n) is 7.51. The lowest BCUT2D eigenvalue weighted by atomic mass is 9.93. The third kappa shape index (κ3) is 3.85. The van der Waals surface area contributed by atoms with Crippen molar-refractivity contribution in [3.8, 4) is 5.75 Å². The van der Waals surface area contributed by atoms with Gasteiger partial charge >= 0.3 is 0 Å². The zero-order valence-electron chi connectivity index (χ0n) is 16.7. The summed E-state index contributed by atoms with van der Waals surface area (Å²) in [6, 6.07) is 11.8. The molecule has 0 aliphatic carbocycles. The Morgan fingerprint density at radius 3 is 2.39 bits per heavy atom. The van der Waals surface area contributed by atoms with Gasteiger partial charge in [0.25, 0.3) is 10.0 Å². The maximum atomic E-state index is 12.8. The second kappa shape index (κ2) is 7.47. The van der Waals surface area contributed by atoms with Crippen LogP contribution in [-0.4, -0.2) is 27.5 Å². The molecule has 3 rings (SSSR count). The van der Waals surface area contributed by atoms with Crippen molar-refractivity contribution in [1.29, 1.82) is 0 Å². The lowest BCUT2D eigenvalue weighted by Gasteiger charge is -2.27. The standard InChI is InChI=1S/C21H26N2O4S/c1-5-15-7-10-17(11-8-15)28(25,26)22-16-9-12-19-18(13-16)23(6-2)20(24)21(3,4)14-27-19/h7-13,22H,5-6,14H2,1-4H3. The molecule has 0 bridgehead atoms. The average molecular weight is 403 g/mol. The number of aryl methyl sites for hydroxylation is 1. The molecule has 1 amide bonds. The number of carbonyl (C=O) groups excluding carboxylic acids is 1. The van der Waals surface area contributed by atoms with Crippen LogP contribution in [0.15, 0.2) is 47.4 Å². The molecule has 1 heterocycles. The minimum Gasteiger partial charge on any atom is -0.490 e. The number of hydrogen-bond acceptors (Lipinski definition) is 4. The summed E-state index contributed by atoms with van der Waals surface area (Å²) in [7, 11) is -3.73. The van der Waals surface area contributed by atoms with Gasteiger partial charge in [-0.3, -0.25) is 9.52 Å². The van der Waals surface area contributed by atoms with E-state index in [1.54, 1.807) is 47.4 Å². The lowest BCUT2D eigenvalue weighted by molar-refractivity contribution is -0.127. The van der Waals surface area contributed by atoms with E-state index < -0.39 is 15.4 Å². The van der Waals surface area contributed by atoms with Gasteiger partial charge in [-0.25, -0.2) is 8.42 Å². The summed E-state index contributed by atoms with van der Waals surface area (Å²) in [4.78, 5) is 14.7. The van der Waals surface area contributed by atoms with Crippen molar-refractivity contribution in [1.82, 2.24) is 0 Å². The van der Waals surface area contributed by atoms with E-state index in [-0.39, 0.29) is 17.4 Å². The normalized spacial score (nSPS) is 16.1. The van der Waals surface area contributed by atoms with Gasteiger partial charge in [0, 0.05) is 6.54 Å². The van der Waals surface area contributed by atoms with Crippen molar-refractivity contribution in [2.45, 2.75) is 39.0 Å². The molecule has 0 saturated heterocycles. The zero-order chi connectivity index (χ0) is 20.5. The Morgan fingerprint density at radius 1 is 1.11 bits per heavy atom. The predicted molar refractivity (Wildman–Crippen MR) is 110 cm³/mol.